The van der Waals surface area contributed by atoms with Crippen LogP contribution in [0.1, 0.15) is 5.69 Å². The van der Waals surface area contributed by atoms with Crippen molar-refractivity contribution in [3.63, 3.8) is 0 Å². The first-order valence-corrected chi connectivity index (χ1v) is 10.1. The topological polar surface area (TPSA) is 60.9 Å². The van der Waals surface area contributed by atoms with Crippen LogP contribution in [0.4, 0.5) is 5.95 Å². The van der Waals surface area contributed by atoms with E-state index in [4.69, 9.17) is 23.2 Å². The molecule has 0 aliphatic carbocycles. The molecule has 3 heterocycles. The third-order valence-electron chi connectivity index (χ3n) is 4.42. The fraction of sp³-hybridized carbons (Fsp3) is 0.278. The molecule has 0 spiro atoms. The molecule has 140 valence electrons. The van der Waals surface area contributed by atoms with Crippen molar-refractivity contribution in [2.75, 3.05) is 31.1 Å². The lowest BCUT2D eigenvalue weighted by atomic mass is 10.2. The summed E-state index contributed by atoms with van der Waals surface area (Å²) in [5.74, 6) is 1.55. The number of aromatic amines is 1. The van der Waals surface area contributed by atoms with E-state index in [-0.39, 0.29) is 0 Å². The number of halogens is 3. The first kappa shape index (κ1) is 18.7. The predicted molar refractivity (Wildman–Crippen MR) is 111 cm³/mol. The Bertz CT molecular complexity index is 902. The normalized spacial score (nSPS) is 15.3. The number of piperazine rings is 1. The summed E-state index contributed by atoms with van der Waals surface area (Å²) in [4.78, 5) is 21.2. The van der Waals surface area contributed by atoms with Crippen molar-refractivity contribution in [1.29, 1.82) is 0 Å². The second-order valence-corrected chi connectivity index (χ2v) is 8.17. The Kier molecular flexibility index (Phi) is 5.63. The number of imidazole rings is 1. The van der Waals surface area contributed by atoms with Gasteiger partial charge in [-0.3, -0.25) is 4.90 Å². The van der Waals surface area contributed by atoms with E-state index in [1.807, 2.05) is 18.3 Å². The van der Waals surface area contributed by atoms with Crippen LogP contribution < -0.4 is 4.90 Å². The van der Waals surface area contributed by atoms with Gasteiger partial charge in [-0.25, -0.2) is 15.0 Å². The zero-order valence-corrected chi connectivity index (χ0v) is 17.5. The summed E-state index contributed by atoms with van der Waals surface area (Å²) in [5.41, 5.74) is 1.95. The molecule has 1 aromatic carbocycles. The summed E-state index contributed by atoms with van der Waals surface area (Å²) in [7, 11) is 0. The average molecular weight is 468 g/mol. The molecule has 0 radical (unpaired) electrons. The maximum atomic E-state index is 6.08. The molecule has 1 aliphatic rings. The highest BCUT2D eigenvalue weighted by molar-refractivity contribution is 9.10. The van der Waals surface area contributed by atoms with Gasteiger partial charge in [0, 0.05) is 72.6 Å². The van der Waals surface area contributed by atoms with Crippen LogP contribution in [0, 0.1) is 0 Å². The SMILES string of the molecule is Clc1cc(Cl)cc(-c2ncc(CN3CCN(c4ncc(Br)cn4)CC3)[nH]2)c1. The molecule has 0 atom stereocenters. The van der Waals surface area contributed by atoms with Gasteiger partial charge in [-0.05, 0) is 34.1 Å². The van der Waals surface area contributed by atoms with Crippen LogP contribution >= 0.6 is 39.1 Å². The zero-order chi connectivity index (χ0) is 18.8. The summed E-state index contributed by atoms with van der Waals surface area (Å²) in [6.45, 7) is 4.49. The molecule has 4 rings (SSSR count). The van der Waals surface area contributed by atoms with Crippen molar-refractivity contribution in [2.24, 2.45) is 0 Å². The largest absolute Gasteiger partial charge is 0.341 e. The maximum absolute atomic E-state index is 6.08. The number of hydrogen-bond donors (Lipinski definition) is 1. The van der Waals surface area contributed by atoms with Gasteiger partial charge in [0.1, 0.15) is 5.82 Å². The second kappa shape index (κ2) is 8.14. The van der Waals surface area contributed by atoms with Crippen LogP contribution in [0.3, 0.4) is 0 Å². The Morgan fingerprint density at radius 2 is 1.59 bits per heavy atom. The molecule has 0 amide bonds. The van der Waals surface area contributed by atoms with Crippen LogP contribution in [-0.2, 0) is 6.54 Å². The van der Waals surface area contributed by atoms with Crippen LogP contribution in [0.2, 0.25) is 10.0 Å². The van der Waals surface area contributed by atoms with Crippen molar-refractivity contribution in [3.8, 4) is 11.4 Å². The van der Waals surface area contributed by atoms with Gasteiger partial charge in [0.25, 0.3) is 0 Å². The molecule has 1 fully saturated rings. The number of H-pyrrole nitrogens is 1. The van der Waals surface area contributed by atoms with Crippen molar-refractivity contribution < 1.29 is 0 Å². The Morgan fingerprint density at radius 1 is 0.926 bits per heavy atom. The minimum Gasteiger partial charge on any atom is -0.341 e. The van der Waals surface area contributed by atoms with Gasteiger partial charge in [-0.15, -0.1) is 0 Å². The molecule has 0 saturated carbocycles. The second-order valence-electron chi connectivity index (χ2n) is 6.38. The molecule has 2 aromatic heterocycles. The number of aromatic nitrogens is 4. The fourth-order valence-corrected chi connectivity index (χ4v) is 3.82. The highest BCUT2D eigenvalue weighted by Gasteiger charge is 2.19. The number of nitrogens with one attached hydrogen (secondary N) is 1. The summed E-state index contributed by atoms with van der Waals surface area (Å²) in [5, 5.41) is 1.20. The summed E-state index contributed by atoms with van der Waals surface area (Å²) in [6.07, 6.45) is 5.43. The van der Waals surface area contributed by atoms with Gasteiger partial charge in [-0.1, -0.05) is 23.2 Å². The van der Waals surface area contributed by atoms with E-state index in [1.54, 1.807) is 18.5 Å². The van der Waals surface area contributed by atoms with Gasteiger partial charge in [0.05, 0.1) is 4.47 Å². The molecule has 3 aromatic rings. The lowest BCUT2D eigenvalue weighted by molar-refractivity contribution is 0.246. The predicted octanol–water partition coefficient (Wildman–Crippen LogP) is 4.26. The minimum atomic E-state index is 0.599. The molecular weight excluding hydrogens is 451 g/mol. The molecule has 6 nitrogen and oxygen atoms in total. The summed E-state index contributed by atoms with van der Waals surface area (Å²) >= 11 is 15.5. The first-order chi connectivity index (χ1) is 13.1. The van der Waals surface area contributed by atoms with Gasteiger partial charge in [0.2, 0.25) is 5.95 Å². The smallest absolute Gasteiger partial charge is 0.225 e. The van der Waals surface area contributed by atoms with E-state index >= 15 is 0 Å². The van der Waals surface area contributed by atoms with Gasteiger partial charge in [-0.2, -0.15) is 0 Å². The summed E-state index contributed by atoms with van der Waals surface area (Å²) in [6, 6.07) is 5.42. The summed E-state index contributed by atoms with van der Waals surface area (Å²) < 4.78 is 0.890. The average Bonchev–Trinajstić information content (AvgIpc) is 3.11. The molecule has 1 N–H and O–H groups in total. The Labute approximate surface area is 175 Å². The van der Waals surface area contributed by atoms with Crippen molar-refractivity contribution in [2.45, 2.75) is 6.54 Å². The molecular formula is C18H17BrCl2N6. The molecule has 1 aliphatic heterocycles. The van der Waals surface area contributed by atoms with Crippen LogP contribution in [0.15, 0.2) is 41.3 Å². The third-order valence-corrected chi connectivity index (χ3v) is 5.27. The number of anilines is 1. The highest BCUT2D eigenvalue weighted by Crippen LogP contribution is 2.25. The van der Waals surface area contributed by atoms with E-state index in [1.165, 1.54) is 0 Å². The van der Waals surface area contributed by atoms with E-state index in [0.717, 1.165) is 60.2 Å². The fourth-order valence-electron chi connectivity index (χ4n) is 3.09. The molecule has 0 bridgehead atoms. The molecule has 27 heavy (non-hydrogen) atoms. The quantitative estimate of drug-likeness (QED) is 0.621. The van der Waals surface area contributed by atoms with Crippen LogP contribution in [-0.4, -0.2) is 51.0 Å². The number of benzene rings is 1. The van der Waals surface area contributed by atoms with Crippen LogP contribution in [0.5, 0.6) is 0 Å². The monoisotopic (exact) mass is 466 g/mol. The molecule has 9 heteroatoms. The number of rotatable bonds is 4. The van der Waals surface area contributed by atoms with E-state index in [2.05, 4.69) is 45.7 Å². The molecule has 0 unspecified atom stereocenters. The van der Waals surface area contributed by atoms with Gasteiger partial charge >= 0.3 is 0 Å². The maximum Gasteiger partial charge on any atom is 0.225 e. The highest BCUT2D eigenvalue weighted by atomic mass is 79.9. The van der Waals surface area contributed by atoms with Crippen molar-refractivity contribution in [3.05, 3.63) is 57.0 Å². The zero-order valence-electron chi connectivity index (χ0n) is 14.4. The Morgan fingerprint density at radius 3 is 2.26 bits per heavy atom. The Balaban J connectivity index is 1.37. The first-order valence-electron chi connectivity index (χ1n) is 8.52. The van der Waals surface area contributed by atoms with Crippen LogP contribution in [0.25, 0.3) is 11.4 Å². The van der Waals surface area contributed by atoms with Gasteiger partial charge in [0.15, 0.2) is 0 Å². The van der Waals surface area contributed by atoms with E-state index in [9.17, 15) is 0 Å². The van der Waals surface area contributed by atoms with E-state index < -0.39 is 0 Å². The number of hydrogen-bond acceptors (Lipinski definition) is 5. The lowest BCUT2D eigenvalue weighted by Crippen LogP contribution is -2.46. The van der Waals surface area contributed by atoms with Crippen molar-refractivity contribution in [1.82, 2.24) is 24.8 Å². The van der Waals surface area contributed by atoms with E-state index in [0.29, 0.717) is 10.0 Å². The lowest BCUT2D eigenvalue weighted by Gasteiger charge is -2.34. The minimum absolute atomic E-state index is 0.599. The molecule has 1 saturated heterocycles. The third kappa shape index (κ3) is 4.60. The van der Waals surface area contributed by atoms with Crippen molar-refractivity contribution >= 4 is 45.1 Å². The number of nitrogens with zero attached hydrogens (tertiary/aromatic N) is 5. The standard InChI is InChI=1S/C18H17BrCl2N6/c19-13-8-23-18(24-9-13)27-3-1-26(2-4-27)11-16-10-22-17(25-16)12-5-14(20)7-15(21)6-12/h5-10H,1-4,11H2,(H,22,25). The Hall–Kier alpha value is -1.67. The van der Waals surface area contributed by atoms with Gasteiger partial charge < -0.3 is 9.88 Å².